The van der Waals surface area contributed by atoms with Gasteiger partial charge in [-0.3, -0.25) is 4.79 Å². The Kier molecular flexibility index (Phi) is 6.71. The van der Waals surface area contributed by atoms with Crippen LogP contribution in [0, 0.1) is 0 Å². The highest BCUT2D eigenvalue weighted by atomic mass is 35.5. The van der Waals surface area contributed by atoms with Crippen molar-refractivity contribution in [2.24, 2.45) is 0 Å². The van der Waals surface area contributed by atoms with Crippen molar-refractivity contribution in [1.29, 1.82) is 0 Å². The maximum Gasteiger partial charge on any atom is 0.302 e. The lowest BCUT2D eigenvalue weighted by Crippen LogP contribution is -2.11. The lowest BCUT2D eigenvalue weighted by molar-refractivity contribution is -0.142. The predicted octanol–water partition coefficient (Wildman–Crippen LogP) is 6.91. The summed E-state index contributed by atoms with van der Waals surface area (Å²) >= 11 is 18.8. The number of ether oxygens (including phenoxy) is 1. The maximum absolute atomic E-state index is 11.7. The molecule has 0 unspecified atom stereocenters. The van der Waals surface area contributed by atoms with E-state index in [1.54, 1.807) is 35.0 Å². The van der Waals surface area contributed by atoms with Crippen molar-refractivity contribution in [3.8, 4) is 28.5 Å². The van der Waals surface area contributed by atoms with Gasteiger partial charge in [-0.1, -0.05) is 67.7 Å². The number of benzene rings is 2. The van der Waals surface area contributed by atoms with Gasteiger partial charge < -0.3 is 9.15 Å². The fraction of sp³-hybridized carbons (Fsp3) is 0.250. The van der Waals surface area contributed by atoms with Crippen LogP contribution in [0.4, 0.5) is 0 Å². The monoisotopic (exact) mass is 518 g/mol. The third kappa shape index (κ3) is 4.97. The molecule has 0 aliphatic carbocycles. The van der Waals surface area contributed by atoms with Crippen molar-refractivity contribution < 1.29 is 13.9 Å². The van der Waals surface area contributed by atoms with Crippen LogP contribution in [0.5, 0.6) is 0 Å². The predicted molar refractivity (Wildman–Crippen MR) is 131 cm³/mol. The third-order valence-electron chi connectivity index (χ3n) is 4.93. The first-order chi connectivity index (χ1) is 16.0. The van der Waals surface area contributed by atoms with Crippen molar-refractivity contribution in [3.05, 3.63) is 69.0 Å². The molecule has 7 nitrogen and oxygen atoms in total. The molecule has 2 aromatic carbocycles. The number of hydrogen-bond donors (Lipinski definition) is 0. The number of hydrogen-bond acceptors (Lipinski definition) is 6. The molecule has 0 aliphatic rings. The van der Waals surface area contributed by atoms with E-state index in [1.807, 2.05) is 32.9 Å². The first-order valence-electron chi connectivity index (χ1n) is 10.4. The van der Waals surface area contributed by atoms with E-state index in [-0.39, 0.29) is 17.9 Å². The quantitative estimate of drug-likeness (QED) is 0.266. The molecule has 10 heteroatoms. The molecule has 0 bridgehead atoms. The molecule has 0 saturated carbocycles. The Morgan fingerprint density at radius 2 is 1.71 bits per heavy atom. The summed E-state index contributed by atoms with van der Waals surface area (Å²) < 4.78 is 13.0. The van der Waals surface area contributed by atoms with Crippen LogP contribution in [0.3, 0.4) is 0 Å². The highest BCUT2D eigenvalue weighted by Crippen LogP contribution is 2.37. The smallest absolute Gasteiger partial charge is 0.302 e. The Morgan fingerprint density at radius 1 is 1.03 bits per heavy atom. The Hall–Kier alpha value is -2.87. The fourth-order valence-electron chi connectivity index (χ4n) is 3.29. The van der Waals surface area contributed by atoms with Gasteiger partial charge in [0.2, 0.25) is 5.89 Å². The average Bonchev–Trinajstić information content (AvgIpc) is 3.38. The van der Waals surface area contributed by atoms with Gasteiger partial charge in [0.15, 0.2) is 5.69 Å². The lowest BCUT2D eigenvalue weighted by atomic mass is 9.97. The number of carbonyl (C=O) groups is 1. The maximum atomic E-state index is 11.7. The van der Waals surface area contributed by atoms with Crippen LogP contribution < -0.4 is 0 Å². The Balaban J connectivity index is 2.01. The van der Waals surface area contributed by atoms with Gasteiger partial charge in [-0.05, 0) is 30.3 Å². The average molecular weight is 520 g/mol. The zero-order valence-electron chi connectivity index (χ0n) is 18.9. The van der Waals surface area contributed by atoms with Crippen LogP contribution in [0.15, 0.2) is 46.9 Å². The second kappa shape index (κ2) is 9.41. The summed E-state index contributed by atoms with van der Waals surface area (Å²) in [6.45, 7) is 7.17. The first kappa shape index (κ1) is 24.3. The van der Waals surface area contributed by atoms with E-state index in [4.69, 9.17) is 49.1 Å². The Labute approximate surface area is 211 Å². The summed E-state index contributed by atoms with van der Waals surface area (Å²) in [7, 11) is 0. The van der Waals surface area contributed by atoms with Gasteiger partial charge in [0.1, 0.15) is 6.61 Å². The van der Waals surface area contributed by atoms with Crippen LogP contribution in [-0.4, -0.2) is 25.9 Å². The van der Waals surface area contributed by atoms with Gasteiger partial charge >= 0.3 is 5.97 Å². The van der Waals surface area contributed by atoms with Crippen LogP contribution in [0.25, 0.3) is 28.5 Å². The highest BCUT2D eigenvalue weighted by molar-refractivity contribution is 6.35. The minimum Gasteiger partial charge on any atom is -0.461 e. The molecule has 2 heterocycles. The van der Waals surface area contributed by atoms with E-state index in [2.05, 4.69) is 10.2 Å². The number of carbonyl (C=O) groups excluding carboxylic acids is 1. The fourth-order valence-corrected chi connectivity index (χ4v) is 3.90. The second-order valence-corrected chi connectivity index (χ2v) is 9.91. The molecule has 0 aliphatic heterocycles. The minimum absolute atomic E-state index is 0.0684. The molecule has 4 aromatic rings. The first-order valence-corrected chi connectivity index (χ1v) is 11.5. The minimum atomic E-state index is -0.439. The van der Waals surface area contributed by atoms with Crippen molar-refractivity contribution in [3.63, 3.8) is 0 Å². The molecule has 0 atom stereocenters. The SMILES string of the molecule is CC(=O)OCc1c(-c2nnc(C(C)(C)C)o2)nn(-c2ccc(Cl)cc2Cl)c1-c1ccc(Cl)cc1. The second-order valence-electron chi connectivity index (χ2n) is 8.63. The number of rotatable bonds is 5. The van der Waals surface area contributed by atoms with Gasteiger partial charge in [0.25, 0.3) is 5.89 Å². The number of aromatic nitrogens is 4. The standard InChI is InChI=1S/C24H21Cl3N4O3/c1-13(32)33-12-17-20(22-28-29-23(34-22)24(2,3)4)30-31(19-10-9-16(26)11-18(19)27)21(17)14-5-7-15(25)8-6-14/h5-11H,12H2,1-4H3. The summed E-state index contributed by atoms with van der Waals surface area (Å²) in [4.78, 5) is 11.7. The molecule has 0 spiro atoms. The van der Waals surface area contributed by atoms with Crippen LogP contribution in [0.2, 0.25) is 15.1 Å². The van der Waals surface area contributed by atoms with Crippen LogP contribution >= 0.6 is 34.8 Å². The van der Waals surface area contributed by atoms with E-state index in [0.717, 1.165) is 5.56 Å². The summed E-state index contributed by atoms with van der Waals surface area (Å²) in [5.41, 5.74) is 2.57. The zero-order valence-corrected chi connectivity index (χ0v) is 21.2. The molecular formula is C24H21Cl3N4O3. The topological polar surface area (TPSA) is 83.0 Å². The molecule has 0 saturated heterocycles. The molecule has 0 N–H and O–H groups in total. The molecule has 2 aromatic heterocycles. The van der Waals surface area contributed by atoms with Gasteiger partial charge in [-0.25, -0.2) is 4.68 Å². The van der Waals surface area contributed by atoms with Gasteiger partial charge in [-0.2, -0.15) is 5.10 Å². The van der Waals surface area contributed by atoms with E-state index >= 15 is 0 Å². The van der Waals surface area contributed by atoms with E-state index in [1.165, 1.54) is 6.92 Å². The number of esters is 1. The normalized spacial score (nSPS) is 11.6. The molecular weight excluding hydrogens is 499 g/mol. The van der Waals surface area contributed by atoms with E-state index in [0.29, 0.717) is 43.6 Å². The summed E-state index contributed by atoms with van der Waals surface area (Å²) in [5, 5.41) is 14.6. The van der Waals surface area contributed by atoms with Crippen molar-refractivity contribution in [2.45, 2.75) is 39.7 Å². The van der Waals surface area contributed by atoms with Crippen molar-refractivity contribution in [2.75, 3.05) is 0 Å². The Morgan fingerprint density at radius 3 is 2.29 bits per heavy atom. The van der Waals surface area contributed by atoms with Crippen molar-refractivity contribution in [1.82, 2.24) is 20.0 Å². The number of nitrogens with zero attached hydrogens (tertiary/aromatic N) is 4. The van der Waals surface area contributed by atoms with Crippen LogP contribution in [-0.2, 0) is 21.6 Å². The summed E-state index contributed by atoms with van der Waals surface area (Å²) in [6.07, 6.45) is 0. The van der Waals surface area contributed by atoms with Gasteiger partial charge in [-0.15, -0.1) is 10.2 Å². The zero-order chi connectivity index (χ0) is 24.6. The summed E-state index contributed by atoms with van der Waals surface area (Å²) in [6, 6.07) is 12.3. The molecule has 0 amide bonds. The molecule has 176 valence electrons. The van der Waals surface area contributed by atoms with Gasteiger partial charge in [0, 0.05) is 33.5 Å². The van der Waals surface area contributed by atoms with Gasteiger partial charge in [0.05, 0.1) is 16.4 Å². The highest BCUT2D eigenvalue weighted by Gasteiger charge is 2.29. The summed E-state index contributed by atoms with van der Waals surface area (Å²) in [5.74, 6) is 0.213. The third-order valence-corrected chi connectivity index (χ3v) is 5.72. The van der Waals surface area contributed by atoms with E-state index < -0.39 is 5.97 Å². The molecule has 4 rings (SSSR count). The van der Waals surface area contributed by atoms with Crippen molar-refractivity contribution >= 4 is 40.8 Å². The molecule has 34 heavy (non-hydrogen) atoms. The number of halogens is 3. The largest absolute Gasteiger partial charge is 0.461 e. The molecule has 0 fully saturated rings. The van der Waals surface area contributed by atoms with Crippen LogP contribution in [0.1, 0.15) is 39.1 Å². The molecule has 0 radical (unpaired) electrons. The van der Waals surface area contributed by atoms with E-state index in [9.17, 15) is 4.79 Å². The Bertz CT molecular complexity index is 1360. The lowest BCUT2D eigenvalue weighted by Gasteiger charge is -2.12.